The molecule has 0 N–H and O–H groups in total. The number of carbonyl (C=O) groups excluding carboxylic acids is 1. The van der Waals surface area contributed by atoms with E-state index in [4.69, 9.17) is 10.7 Å². The van der Waals surface area contributed by atoms with Crippen LogP contribution >= 0.6 is 10.7 Å². The normalized spacial score (nSPS) is 11.4. The number of halogens is 3. The van der Waals surface area contributed by atoms with E-state index in [0.29, 0.717) is 6.07 Å². The van der Waals surface area contributed by atoms with Crippen molar-refractivity contribution < 1.29 is 31.7 Å². The quantitative estimate of drug-likeness (QED) is 0.356. The molecule has 1 rings (SSSR count). The first-order valence-corrected chi connectivity index (χ1v) is 6.65. The Bertz CT molecular complexity index is 632. The monoisotopic (exact) mass is 315 g/mol. The SMILES string of the molecule is O=Cc1ccc(S(=O)(=O)Cl)c(OC(F)F)c1[N+](=O)[O-]. The summed E-state index contributed by atoms with van der Waals surface area (Å²) in [5.41, 5.74) is -1.82. The van der Waals surface area contributed by atoms with Crippen LogP contribution in [0.5, 0.6) is 5.75 Å². The molecule has 0 spiro atoms. The van der Waals surface area contributed by atoms with Crippen LogP contribution in [0.1, 0.15) is 10.4 Å². The van der Waals surface area contributed by atoms with Gasteiger partial charge in [-0.2, -0.15) is 8.78 Å². The number of benzene rings is 1. The third-order valence-corrected chi connectivity index (χ3v) is 3.25. The van der Waals surface area contributed by atoms with Gasteiger partial charge in [0.15, 0.2) is 6.29 Å². The van der Waals surface area contributed by atoms with Gasteiger partial charge in [0.2, 0.25) is 5.75 Å². The van der Waals surface area contributed by atoms with Gasteiger partial charge in [-0.15, -0.1) is 0 Å². The van der Waals surface area contributed by atoms with E-state index in [2.05, 4.69) is 4.74 Å². The number of alkyl halides is 2. The lowest BCUT2D eigenvalue weighted by atomic mass is 10.2. The van der Waals surface area contributed by atoms with E-state index in [1.54, 1.807) is 0 Å². The number of nitro benzene ring substituents is 1. The van der Waals surface area contributed by atoms with Crippen molar-refractivity contribution in [3.63, 3.8) is 0 Å². The van der Waals surface area contributed by atoms with Gasteiger partial charge in [-0.1, -0.05) is 0 Å². The van der Waals surface area contributed by atoms with Crippen LogP contribution in [0.25, 0.3) is 0 Å². The molecule has 0 saturated carbocycles. The fourth-order valence-corrected chi connectivity index (χ4v) is 2.21. The molecule has 0 saturated heterocycles. The molecule has 0 aliphatic heterocycles. The highest BCUT2D eigenvalue weighted by molar-refractivity contribution is 8.13. The average molecular weight is 316 g/mol. The fourth-order valence-electron chi connectivity index (χ4n) is 1.25. The molecular formula is C8H4ClF2NO6S. The van der Waals surface area contributed by atoms with E-state index in [-0.39, 0.29) is 6.29 Å². The number of carbonyl (C=O) groups is 1. The summed E-state index contributed by atoms with van der Waals surface area (Å²) in [6, 6.07) is 1.43. The molecule has 11 heteroatoms. The second-order valence-corrected chi connectivity index (χ2v) is 5.56. The Kier molecular flexibility index (Phi) is 4.37. The zero-order chi connectivity index (χ0) is 14.8. The Morgan fingerprint density at radius 2 is 2.00 bits per heavy atom. The van der Waals surface area contributed by atoms with Crippen molar-refractivity contribution in [1.29, 1.82) is 0 Å². The Balaban J connectivity index is 3.73. The van der Waals surface area contributed by atoms with Gasteiger partial charge < -0.3 is 4.74 Å². The highest BCUT2D eigenvalue weighted by atomic mass is 35.7. The second-order valence-electron chi connectivity index (χ2n) is 3.02. The molecule has 0 amide bonds. The maximum atomic E-state index is 12.2. The molecule has 0 aliphatic carbocycles. The van der Waals surface area contributed by atoms with Gasteiger partial charge in [-0.3, -0.25) is 14.9 Å². The molecule has 7 nitrogen and oxygen atoms in total. The van der Waals surface area contributed by atoms with Crippen molar-refractivity contribution in [3.8, 4) is 5.75 Å². The number of nitro groups is 1. The minimum absolute atomic E-state index is 0.00108. The summed E-state index contributed by atoms with van der Waals surface area (Å²) in [4.78, 5) is 19.1. The molecule has 1 aromatic rings. The minimum atomic E-state index is -4.57. The first-order chi connectivity index (χ1) is 8.68. The van der Waals surface area contributed by atoms with Gasteiger partial charge in [-0.05, 0) is 12.1 Å². The smallest absolute Gasteiger partial charge is 0.387 e. The van der Waals surface area contributed by atoms with Crippen molar-refractivity contribution >= 4 is 31.7 Å². The van der Waals surface area contributed by atoms with Crippen molar-refractivity contribution in [2.45, 2.75) is 11.5 Å². The zero-order valence-electron chi connectivity index (χ0n) is 8.75. The predicted octanol–water partition coefficient (Wildman–Crippen LogP) is 1.94. The predicted molar refractivity (Wildman–Crippen MR) is 58.2 cm³/mol. The molecule has 0 aromatic heterocycles. The first kappa shape index (κ1) is 15.2. The van der Waals surface area contributed by atoms with E-state index in [1.165, 1.54) is 0 Å². The maximum absolute atomic E-state index is 12.2. The van der Waals surface area contributed by atoms with E-state index in [9.17, 15) is 32.1 Å². The van der Waals surface area contributed by atoms with E-state index < -0.39 is 42.5 Å². The Morgan fingerprint density at radius 3 is 2.37 bits per heavy atom. The molecule has 0 fully saturated rings. The number of aldehydes is 1. The zero-order valence-corrected chi connectivity index (χ0v) is 10.3. The van der Waals surface area contributed by atoms with Crippen molar-refractivity contribution in [2.24, 2.45) is 0 Å². The minimum Gasteiger partial charge on any atom is -0.426 e. The molecular weight excluding hydrogens is 312 g/mol. The number of hydrogen-bond acceptors (Lipinski definition) is 6. The van der Waals surface area contributed by atoms with Crippen molar-refractivity contribution in [3.05, 3.63) is 27.8 Å². The Morgan fingerprint density at radius 1 is 1.42 bits per heavy atom. The number of ether oxygens (including phenoxy) is 1. The third-order valence-electron chi connectivity index (χ3n) is 1.91. The maximum Gasteiger partial charge on any atom is 0.387 e. The summed E-state index contributed by atoms with van der Waals surface area (Å²) < 4.78 is 50.5. The lowest BCUT2D eigenvalue weighted by Gasteiger charge is -2.09. The lowest BCUT2D eigenvalue weighted by molar-refractivity contribution is -0.386. The third kappa shape index (κ3) is 3.35. The standard InChI is InChI=1S/C8H4ClF2NO6S/c9-19(16,17)5-2-1-4(3-13)6(12(14)15)7(5)18-8(10)11/h1-3,8H. The van der Waals surface area contributed by atoms with Crippen LogP contribution in [0.4, 0.5) is 14.5 Å². The lowest BCUT2D eigenvalue weighted by Crippen LogP contribution is -2.10. The fraction of sp³-hybridized carbons (Fsp3) is 0.125. The van der Waals surface area contributed by atoms with Crippen LogP contribution in [0.15, 0.2) is 17.0 Å². The van der Waals surface area contributed by atoms with Gasteiger partial charge in [0.1, 0.15) is 4.90 Å². The van der Waals surface area contributed by atoms with E-state index in [1.807, 2.05) is 0 Å². The molecule has 0 aliphatic rings. The number of nitrogens with zero attached hydrogens (tertiary/aromatic N) is 1. The van der Waals surface area contributed by atoms with Crippen LogP contribution in [0, 0.1) is 10.1 Å². The van der Waals surface area contributed by atoms with Crippen LogP contribution in [0.3, 0.4) is 0 Å². The second kappa shape index (κ2) is 5.45. The van der Waals surface area contributed by atoms with Gasteiger partial charge >= 0.3 is 12.3 Å². The Labute approximate surface area is 109 Å². The molecule has 1 aromatic carbocycles. The van der Waals surface area contributed by atoms with Crippen LogP contribution in [-0.4, -0.2) is 26.2 Å². The van der Waals surface area contributed by atoms with Crippen LogP contribution < -0.4 is 4.74 Å². The summed E-state index contributed by atoms with van der Waals surface area (Å²) in [6.45, 7) is -3.53. The highest BCUT2D eigenvalue weighted by Gasteiger charge is 2.31. The summed E-state index contributed by atoms with van der Waals surface area (Å²) >= 11 is 0. The summed E-state index contributed by atoms with van der Waals surface area (Å²) in [5, 5.41) is 10.7. The summed E-state index contributed by atoms with van der Waals surface area (Å²) in [6.07, 6.45) is 0.00108. The summed E-state index contributed by atoms with van der Waals surface area (Å²) in [7, 11) is 0.389. The molecule has 0 atom stereocenters. The molecule has 0 bridgehead atoms. The van der Waals surface area contributed by atoms with Gasteiger partial charge in [0, 0.05) is 10.7 Å². The molecule has 0 unspecified atom stereocenters. The van der Waals surface area contributed by atoms with Gasteiger partial charge in [0.25, 0.3) is 9.05 Å². The first-order valence-electron chi connectivity index (χ1n) is 4.34. The van der Waals surface area contributed by atoms with Gasteiger partial charge in [-0.25, -0.2) is 8.42 Å². The average Bonchev–Trinajstić information content (AvgIpc) is 2.25. The van der Waals surface area contributed by atoms with Crippen molar-refractivity contribution in [2.75, 3.05) is 0 Å². The Hall–Kier alpha value is -1.81. The van der Waals surface area contributed by atoms with E-state index >= 15 is 0 Å². The molecule has 104 valence electrons. The largest absolute Gasteiger partial charge is 0.426 e. The number of hydrogen-bond donors (Lipinski definition) is 0. The molecule has 19 heavy (non-hydrogen) atoms. The van der Waals surface area contributed by atoms with Crippen molar-refractivity contribution in [1.82, 2.24) is 0 Å². The molecule has 0 radical (unpaired) electrons. The summed E-state index contributed by atoms with van der Waals surface area (Å²) in [5.74, 6) is -1.28. The van der Waals surface area contributed by atoms with Crippen LogP contribution in [0.2, 0.25) is 0 Å². The highest BCUT2D eigenvalue weighted by Crippen LogP contribution is 2.38. The van der Waals surface area contributed by atoms with Gasteiger partial charge in [0.05, 0.1) is 10.5 Å². The molecule has 0 heterocycles. The van der Waals surface area contributed by atoms with E-state index in [0.717, 1.165) is 6.07 Å². The number of rotatable bonds is 5. The van der Waals surface area contributed by atoms with Crippen LogP contribution in [-0.2, 0) is 9.05 Å². The topological polar surface area (TPSA) is 104 Å².